The average molecular weight is 333 g/mol. The summed E-state index contributed by atoms with van der Waals surface area (Å²) >= 11 is 0. The molecule has 5 rings (SSSR count). The lowest BCUT2D eigenvalue weighted by Gasteiger charge is -1.97. The molecule has 0 saturated heterocycles. The van der Waals surface area contributed by atoms with Gasteiger partial charge in [-0.3, -0.25) is 4.68 Å². The van der Waals surface area contributed by atoms with Crippen LogP contribution in [0, 0.1) is 5.82 Å². The van der Waals surface area contributed by atoms with E-state index in [0.29, 0.717) is 22.9 Å². The zero-order chi connectivity index (χ0) is 17.0. The molecule has 3 aromatic heterocycles. The zero-order valence-corrected chi connectivity index (χ0v) is 13.2. The van der Waals surface area contributed by atoms with E-state index in [-0.39, 0.29) is 5.82 Å². The molecule has 0 bridgehead atoms. The Morgan fingerprint density at radius 2 is 1.96 bits per heavy atom. The second kappa shape index (κ2) is 5.01. The fraction of sp³-hybridized carbons (Fsp3) is 0.0556. The van der Waals surface area contributed by atoms with Crippen LogP contribution < -0.4 is 0 Å². The van der Waals surface area contributed by atoms with Gasteiger partial charge in [-0.1, -0.05) is 17.3 Å². The molecule has 2 aromatic carbocycles. The highest BCUT2D eigenvalue weighted by Gasteiger charge is 2.14. The second-order valence-corrected chi connectivity index (χ2v) is 5.88. The lowest BCUT2D eigenvalue weighted by molar-refractivity contribution is 0.431. The van der Waals surface area contributed by atoms with Gasteiger partial charge in [-0.25, -0.2) is 4.39 Å². The summed E-state index contributed by atoms with van der Waals surface area (Å²) in [6, 6.07) is 12.3. The number of nitrogens with zero attached hydrogens (tertiary/aromatic N) is 4. The van der Waals surface area contributed by atoms with E-state index in [0.717, 1.165) is 21.9 Å². The topological polar surface area (TPSA) is 72.5 Å². The van der Waals surface area contributed by atoms with Crippen molar-refractivity contribution in [3.63, 3.8) is 0 Å². The van der Waals surface area contributed by atoms with Gasteiger partial charge in [0.1, 0.15) is 11.5 Å². The standard InChI is InChI=1S/C18H12FN5O/c1-24-16-7-11(2-3-12(16)9-20-24)17-22-18(25-23-17)15-6-10-4-5-13(19)8-14(10)21-15/h2-9,21H,1H3. The van der Waals surface area contributed by atoms with Crippen molar-refractivity contribution < 1.29 is 8.91 Å². The van der Waals surface area contributed by atoms with Gasteiger partial charge in [0.25, 0.3) is 5.89 Å². The predicted molar refractivity (Wildman–Crippen MR) is 91.3 cm³/mol. The van der Waals surface area contributed by atoms with E-state index in [9.17, 15) is 4.39 Å². The molecule has 25 heavy (non-hydrogen) atoms. The number of halogens is 1. The number of hydrogen-bond donors (Lipinski definition) is 1. The van der Waals surface area contributed by atoms with Crippen LogP contribution in [0.2, 0.25) is 0 Å². The van der Waals surface area contributed by atoms with Crippen molar-refractivity contribution in [3.8, 4) is 23.0 Å². The first-order valence-electron chi connectivity index (χ1n) is 7.72. The number of aromatic amines is 1. The maximum atomic E-state index is 13.3. The monoisotopic (exact) mass is 333 g/mol. The summed E-state index contributed by atoms with van der Waals surface area (Å²) in [6.07, 6.45) is 1.81. The quantitative estimate of drug-likeness (QED) is 0.531. The molecule has 0 radical (unpaired) electrons. The van der Waals surface area contributed by atoms with E-state index < -0.39 is 0 Å². The zero-order valence-electron chi connectivity index (χ0n) is 13.2. The molecule has 1 N–H and O–H groups in total. The molecule has 0 aliphatic rings. The fourth-order valence-electron chi connectivity index (χ4n) is 2.95. The number of fused-ring (bicyclic) bond motifs is 2. The minimum absolute atomic E-state index is 0.295. The summed E-state index contributed by atoms with van der Waals surface area (Å²) in [7, 11) is 1.89. The van der Waals surface area contributed by atoms with Crippen LogP contribution in [0.1, 0.15) is 0 Å². The highest BCUT2D eigenvalue weighted by atomic mass is 19.1. The predicted octanol–water partition coefficient (Wildman–Crippen LogP) is 3.91. The molecule has 0 spiro atoms. The Bertz CT molecular complexity index is 1230. The first-order valence-corrected chi connectivity index (χ1v) is 7.72. The van der Waals surface area contributed by atoms with Gasteiger partial charge in [0, 0.05) is 28.9 Å². The number of aromatic nitrogens is 5. The fourth-order valence-corrected chi connectivity index (χ4v) is 2.95. The van der Waals surface area contributed by atoms with Gasteiger partial charge in [0.05, 0.1) is 11.7 Å². The molecular formula is C18H12FN5O. The van der Waals surface area contributed by atoms with E-state index in [1.54, 1.807) is 10.7 Å². The van der Waals surface area contributed by atoms with Gasteiger partial charge in [0.2, 0.25) is 5.82 Å². The van der Waals surface area contributed by atoms with Crippen LogP contribution in [0.25, 0.3) is 44.8 Å². The van der Waals surface area contributed by atoms with Crippen molar-refractivity contribution in [2.45, 2.75) is 0 Å². The van der Waals surface area contributed by atoms with Crippen molar-refractivity contribution in [3.05, 3.63) is 54.5 Å². The van der Waals surface area contributed by atoms with Gasteiger partial charge in [-0.2, -0.15) is 10.1 Å². The molecule has 3 heterocycles. The van der Waals surface area contributed by atoms with E-state index in [1.165, 1.54) is 12.1 Å². The van der Waals surface area contributed by atoms with Crippen molar-refractivity contribution in [1.29, 1.82) is 0 Å². The second-order valence-electron chi connectivity index (χ2n) is 5.88. The maximum absolute atomic E-state index is 13.3. The summed E-state index contributed by atoms with van der Waals surface area (Å²) in [5.41, 5.74) is 3.17. The van der Waals surface area contributed by atoms with Gasteiger partial charge in [-0.05, 0) is 30.3 Å². The van der Waals surface area contributed by atoms with Crippen LogP contribution in [0.3, 0.4) is 0 Å². The van der Waals surface area contributed by atoms with E-state index in [1.807, 2.05) is 37.5 Å². The number of nitrogens with one attached hydrogen (secondary N) is 1. The van der Waals surface area contributed by atoms with Crippen molar-refractivity contribution in [1.82, 2.24) is 24.9 Å². The Morgan fingerprint density at radius 3 is 2.88 bits per heavy atom. The smallest absolute Gasteiger partial charge is 0.274 e. The van der Waals surface area contributed by atoms with Crippen molar-refractivity contribution in [2.75, 3.05) is 0 Å². The summed E-state index contributed by atoms with van der Waals surface area (Å²) in [4.78, 5) is 7.56. The summed E-state index contributed by atoms with van der Waals surface area (Å²) < 4.78 is 20.5. The maximum Gasteiger partial charge on any atom is 0.274 e. The molecule has 0 aliphatic carbocycles. The van der Waals surface area contributed by atoms with Crippen LogP contribution >= 0.6 is 0 Å². The molecule has 7 heteroatoms. The lowest BCUT2D eigenvalue weighted by atomic mass is 10.1. The molecule has 0 fully saturated rings. The highest BCUT2D eigenvalue weighted by Crippen LogP contribution is 2.27. The number of rotatable bonds is 2. The normalized spacial score (nSPS) is 11.6. The number of aryl methyl sites for hydroxylation is 1. The third-order valence-corrected chi connectivity index (χ3v) is 4.25. The lowest BCUT2D eigenvalue weighted by Crippen LogP contribution is -1.89. The SMILES string of the molecule is Cn1ncc2ccc(-c3noc(-c4cc5ccc(F)cc5[nH]4)n3)cc21. The number of H-pyrrole nitrogens is 1. The minimum Gasteiger partial charge on any atom is -0.350 e. The largest absolute Gasteiger partial charge is 0.350 e. The Hall–Kier alpha value is -3.48. The van der Waals surface area contributed by atoms with Crippen LogP contribution in [-0.4, -0.2) is 24.9 Å². The Kier molecular flexibility index (Phi) is 2.79. The molecule has 0 saturated carbocycles. The first-order chi connectivity index (χ1) is 12.2. The summed E-state index contributed by atoms with van der Waals surface area (Å²) in [5, 5.41) is 10.2. The highest BCUT2D eigenvalue weighted by molar-refractivity contribution is 5.85. The van der Waals surface area contributed by atoms with Gasteiger partial charge in [-0.15, -0.1) is 0 Å². The number of benzene rings is 2. The molecule has 0 aliphatic heterocycles. The third kappa shape index (κ3) is 2.20. The van der Waals surface area contributed by atoms with Crippen LogP contribution in [0.15, 0.2) is 53.2 Å². The van der Waals surface area contributed by atoms with Crippen molar-refractivity contribution in [2.24, 2.45) is 7.05 Å². The van der Waals surface area contributed by atoms with Crippen LogP contribution in [0.5, 0.6) is 0 Å². The van der Waals surface area contributed by atoms with Crippen LogP contribution in [-0.2, 0) is 7.05 Å². The molecule has 0 amide bonds. The van der Waals surface area contributed by atoms with Crippen LogP contribution in [0.4, 0.5) is 4.39 Å². The Balaban J connectivity index is 1.58. The molecule has 0 atom stereocenters. The average Bonchev–Trinajstić information content (AvgIpc) is 3.32. The van der Waals surface area contributed by atoms with E-state index in [4.69, 9.17) is 4.52 Å². The molecule has 5 aromatic rings. The molecular weight excluding hydrogens is 321 g/mol. The minimum atomic E-state index is -0.295. The van der Waals surface area contributed by atoms with Crippen molar-refractivity contribution >= 4 is 21.8 Å². The van der Waals surface area contributed by atoms with E-state index in [2.05, 4.69) is 20.2 Å². The molecule has 6 nitrogen and oxygen atoms in total. The molecule has 0 unspecified atom stereocenters. The molecule has 122 valence electrons. The summed E-state index contributed by atoms with van der Waals surface area (Å²) in [5.74, 6) is 0.552. The van der Waals surface area contributed by atoms with Gasteiger partial charge < -0.3 is 9.51 Å². The third-order valence-electron chi connectivity index (χ3n) is 4.25. The Labute approximate surface area is 140 Å². The number of hydrogen-bond acceptors (Lipinski definition) is 4. The van der Waals surface area contributed by atoms with E-state index >= 15 is 0 Å². The summed E-state index contributed by atoms with van der Waals surface area (Å²) in [6.45, 7) is 0. The van der Waals surface area contributed by atoms with Gasteiger partial charge in [0.15, 0.2) is 0 Å². The Morgan fingerprint density at radius 1 is 1.08 bits per heavy atom. The first kappa shape index (κ1) is 13.9. The van der Waals surface area contributed by atoms with Gasteiger partial charge >= 0.3 is 0 Å².